The van der Waals surface area contributed by atoms with Gasteiger partial charge in [0, 0.05) is 52.5 Å². The van der Waals surface area contributed by atoms with Crippen LogP contribution >= 0.6 is 0 Å². The van der Waals surface area contributed by atoms with Crippen molar-refractivity contribution in [2.75, 3.05) is 72.5 Å². The van der Waals surface area contributed by atoms with Crippen LogP contribution in [0.25, 0.3) is 0 Å². The average molecular weight is 427 g/mol. The van der Waals surface area contributed by atoms with Gasteiger partial charge >= 0.3 is 0 Å². The molecule has 1 atom stereocenters. The zero-order valence-corrected chi connectivity index (χ0v) is 19.0. The molecule has 1 saturated heterocycles. The Labute approximate surface area is 185 Å². The Morgan fingerprint density at radius 1 is 1.03 bits per heavy atom. The number of nitrogens with one attached hydrogen (secondary N) is 1. The Balaban J connectivity index is 1.63. The number of ether oxygens (including phenoxy) is 2. The topological polar surface area (TPSA) is 57.3 Å². The van der Waals surface area contributed by atoms with Crippen molar-refractivity contribution >= 4 is 11.6 Å². The Hall–Kier alpha value is -2.77. The van der Waals surface area contributed by atoms with Gasteiger partial charge < -0.3 is 24.6 Å². The van der Waals surface area contributed by atoms with E-state index in [9.17, 15) is 4.79 Å². The number of anilines is 1. The number of amides is 1. The van der Waals surface area contributed by atoms with Gasteiger partial charge in [0.05, 0.1) is 13.2 Å². The molecule has 168 valence electrons. The first kappa shape index (κ1) is 22.9. The SMILES string of the molecule is COc1ccccc1OCC(=O)NC[C@H](c1ccc(N(C)C)cc1)N1CCN(C)CC1. The first-order valence-electron chi connectivity index (χ1n) is 10.7. The Morgan fingerprint density at radius 3 is 2.29 bits per heavy atom. The van der Waals surface area contributed by atoms with Crippen LogP contribution in [-0.4, -0.2) is 83.3 Å². The lowest BCUT2D eigenvalue weighted by atomic mass is 10.0. The maximum Gasteiger partial charge on any atom is 0.258 e. The predicted octanol–water partition coefficient (Wildman–Crippen LogP) is 2.24. The minimum Gasteiger partial charge on any atom is -0.493 e. The quantitative estimate of drug-likeness (QED) is 0.664. The van der Waals surface area contributed by atoms with Gasteiger partial charge in [-0.3, -0.25) is 9.69 Å². The van der Waals surface area contributed by atoms with Crippen LogP contribution in [0, 0.1) is 0 Å². The number of rotatable bonds is 9. The molecule has 1 heterocycles. The van der Waals surface area contributed by atoms with Crippen LogP contribution < -0.4 is 19.7 Å². The molecular formula is C24H34N4O3. The van der Waals surface area contributed by atoms with Crippen LogP contribution in [0.4, 0.5) is 5.69 Å². The van der Waals surface area contributed by atoms with E-state index in [-0.39, 0.29) is 18.6 Å². The van der Waals surface area contributed by atoms with Crippen molar-refractivity contribution in [3.05, 3.63) is 54.1 Å². The smallest absolute Gasteiger partial charge is 0.258 e. The van der Waals surface area contributed by atoms with Gasteiger partial charge in [-0.1, -0.05) is 24.3 Å². The number of likely N-dealkylation sites (N-methyl/N-ethyl adjacent to an activating group) is 1. The van der Waals surface area contributed by atoms with Gasteiger partial charge in [-0.05, 0) is 36.9 Å². The second-order valence-electron chi connectivity index (χ2n) is 8.08. The van der Waals surface area contributed by atoms with Gasteiger partial charge in [0.1, 0.15) is 0 Å². The van der Waals surface area contributed by atoms with E-state index in [0.717, 1.165) is 31.9 Å². The van der Waals surface area contributed by atoms with Crippen molar-refractivity contribution in [2.24, 2.45) is 0 Å². The zero-order chi connectivity index (χ0) is 22.2. The molecule has 1 fully saturated rings. The van der Waals surface area contributed by atoms with E-state index in [0.29, 0.717) is 18.0 Å². The van der Waals surface area contributed by atoms with E-state index in [1.165, 1.54) is 5.56 Å². The number of nitrogens with zero attached hydrogens (tertiary/aromatic N) is 3. The predicted molar refractivity (Wildman–Crippen MR) is 124 cm³/mol. The van der Waals surface area contributed by atoms with Crippen LogP contribution in [0.5, 0.6) is 11.5 Å². The molecule has 2 aromatic rings. The second kappa shape index (κ2) is 11.0. The lowest BCUT2D eigenvalue weighted by Crippen LogP contribution is -2.48. The van der Waals surface area contributed by atoms with E-state index < -0.39 is 0 Å². The summed E-state index contributed by atoms with van der Waals surface area (Å²) >= 11 is 0. The molecule has 1 amide bonds. The maximum absolute atomic E-state index is 12.5. The molecule has 0 aromatic heterocycles. The fourth-order valence-corrected chi connectivity index (χ4v) is 3.73. The van der Waals surface area contributed by atoms with E-state index in [2.05, 4.69) is 51.3 Å². The van der Waals surface area contributed by atoms with Crippen LogP contribution in [0.15, 0.2) is 48.5 Å². The van der Waals surface area contributed by atoms with Gasteiger partial charge in [0.15, 0.2) is 18.1 Å². The summed E-state index contributed by atoms with van der Waals surface area (Å²) < 4.78 is 10.9. The first-order chi connectivity index (χ1) is 15.0. The highest BCUT2D eigenvalue weighted by molar-refractivity contribution is 5.77. The van der Waals surface area contributed by atoms with E-state index in [1.807, 2.05) is 32.3 Å². The fourth-order valence-electron chi connectivity index (χ4n) is 3.73. The number of benzene rings is 2. The monoisotopic (exact) mass is 426 g/mol. The van der Waals surface area contributed by atoms with E-state index >= 15 is 0 Å². The summed E-state index contributed by atoms with van der Waals surface area (Å²) in [6.07, 6.45) is 0. The summed E-state index contributed by atoms with van der Waals surface area (Å²) in [4.78, 5) is 19.4. The third kappa shape index (κ3) is 6.35. The summed E-state index contributed by atoms with van der Waals surface area (Å²) in [5.74, 6) is 1.04. The molecule has 7 heteroatoms. The first-order valence-corrected chi connectivity index (χ1v) is 10.7. The highest BCUT2D eigenvalue weighted by Gasteiger charge is 2.24. The summed E-state index contributed by atoms with van der Waals surface area (Å²) in [6.45, 7) is 4.50. The van der Waals surface area contributed by atoms with E-state index in [1.54, 1.807) is 13.2 Å². The Bertz CT molecular complexity index is 833. The van der Waals surface area contributed by atoms with Crippen LogP contribution in [-0.2, 0) is 4.79 Å². The molecule has 1 N–H and O–H groups in total. The molecule has 1 aliphatic rings. The molecule has 1 aliphatic heterocycles. The second-order valence-corrected chi connectivity index (χ2v) is 8.08. The largest absolute Gasteiger partial charge is 0.493 e. The van der Waals surface area contributed by atoms with Gasteiger partial charge in [0.2, 0.25) is 0 Å². The van der Waals surface area contributed by atoms with Crippen LogP contribution in [0.2, 0.25) is 0 Å². The standard InChI is InChI=1S/C24H34N4O3/c1-26(2)20-11-9-19(10-12-20)21(28-15-13-27(3)14-16-28)17-25-24(29)18-31-23-8-6-5-7-22(23)30-4/h5-12,21H,13-18H2,1-4H3,(H,25,29)/t21-/m1/s1. The summed E-state index contributed by atoms with van der Waals surface area (Å²) in [7, 11) is 7.81. The number of methoxy groups -OCH3 is 1. The van der Waals surface area contributed by atoms with Gasteiger partial charge in [-0.2, -0.15) is 0 Å². The van der Waals surface area contributed by atoms with Crippen LogP contribution in [0.3, 0.4) is 0 Å². The molecule has 0 saturated carbocycles. The van der Waals surface area contributed by atoms with Gasteiger partial charge in [0.25, 0.3) is 5.91 Å². The van der Waals surface area contributed by atoms with Crippen molar-refractivity contribution in [3.63, 3.8) is 0 Å². The minimum atomic E-state index is -0.144. The summed E-state index contributed by atoms with van der Waals surface area (Å²) in [5, 5.41) is 3.06. The molecule has 0 radical (unpaired) electrons. The molecule has 0 spiro atoms. The molecule has 0 unspecified atom stereocenters. The molecule has 2 aromatic carbocycles. The summed E-state index contributed by atoms with van der Waals surface area (Å²) in [5.41, 5.74) is 2.37. The molecular weight excluding hydrogens is 392 g/mol. The number of hydrogen-bond donors (Lipinski definition) is 1. The third-order valence-electron chi connectivity index (χ3n) is 5.69. The molecule has 7 nitrogen and oxygen atoms in total. The summed E-state index contributed by atoms with van der Waals surface area (Å²) in [6, 6.07) is 16.0. The molecule has 0 aliphatic carbocycles. The van der Waals surface area contributed by atoms with Crippen molar-refractivity contribution in [1.29, 1.82) is 0 Å². The Morgan fingerprint density at radius 2 is 1.68 bits per heavy atom. The van der Waals surface area contributed by atoms with Crippen LogP contribution in [0.1, 0.15) is 11.6 Å². The number of carbonyl (C=O) groups excluding carboxylic acids is 1. The highest BCUT2D eigenvalue weighted by atomic mass is 16.5. The third-order valence-corrected chi connectivity index (χ3v) is 5.69. The molecule has 31 heavy (non-hydrogen) atoms. The van der Waals surface area contributed by atoms with Crippen molar-refractivity contribution in [3.8, 4) is 11.5 Å². The van der Waals surface area contributed by atoms with Gasteiger partial charge in [-0.15, -0.1) is 0 Å². The number of piperazine rings is 1. The zero-order valence-electron chi connectivity index (χ0n) is 19.0. The maximum atomic E-state index is 12.5. The number of hydrogen-bond acceptors (Lipinski definition) is 6. The average Bonchev–Trinajstić information content (AvgIpc) is 2.79. The van der Waals surface area contributed by atoms with Gasteiger partial charge in [-0.25, -0.2) is 0 Å². The van der Waals surface area contributed by atoms with E-state index in [4.69, 9.17) is 9.47 Å². The fraction of sp³-hybridized carbons (Fsp3) is 0.458. The normalized spacial score (nSPS) is 15.9. The lowest BCUT2D eigenvalue weighted by molar-refractivity contribution is -0.123. The molecule has 0 bridgehead atoms. The highest BCUT2D eigenvalue weighted by Crippen LogP contribution is 2.26. The minimum absolute atomic E-state index is 0.0462. The number of para-hydroxylation sites is 2. The lowest BCUT2D eigenvalue weighted by Gasteiger charge is -2.38. The number of carbonyl (C=O) groups is 1. The van der Waals surface area contributed by atoms with Crippen molar-refractivity contribution < 1.29 is 14.3 Å². The Kier molecular flexibility index (Phi) is 8.14. The van der Waals surface area contributed by atoms with Crippen molar-refractivity contribution in [2.45, 2.75) is 6.04 Å². The molecule has 3 rings (SSSR count). The van der Waals surface area contributed by atoms with Crippen molar-refractivity contribution in [1.82, 2.24) is 15.1 Å².